The van der Waals surface area contributed by atoms with Crippen LogP contribution in [0, 0.1) is 0 Å². The molecular weight excluding hydrogens is 342 g/mol. The maximum atomic E-state index is 12.9. The predicted molar refractivity (Wildman–Crippen MR) is 102 cm³/mol. The predicted octanol–water partition coefficient (Wildman–Crippen LogP) is 2.50. The van der Waals surface area contributed by atoms with E-state index in [-0.39, 0.29) is 23.9 Å². The topological polar surface area (TPSA) is 80.1 Å². The Morgan fingerprint density at radius 1 is 1.22 bits per heavy atom. The first kappa shape index (κ1) is 19.1. The monoisotopic (exact) mass is 369 g/mol. The van der Waals surface area contributed by atoms with Crippen LogP contribution in [0.3, 0.4) is 0 Å². The average Bonchev–Trinajstić information content (AvgIpc) is 3.15. The molecule has 2 aromatic rings. The maximum absolute atomic E-state index is 12.9. The summed E-state index contributed by atoms with van der Waals surface area (Å²) in [6.07, 6.45) is 5.63. The number of rotatable bonds is 6. The van der Waals surface area contributed by atoms with E-state index < -0.39 is 0 Å². The van der Waals surface area contributed by atoms with Crippen LogP contribution in [0.1, 0.15) is 60.4 Å². The fraction of sp³-hybridized carbons (Fsp3) is 0.500. The summed E-state index contributed by atoms with van der Waals surface area (Å²) in [5.74, 6) is -0.120. The standard InChI is InChI=1S/C20H27N5O2/c1-15(2)21-19(26)18-14-24(23-22-18)13-11-17-10-6-7-12-25(17)20(27)16-8-4-3-5-9-16/h3-5,8-9,14-15,17H,6-7,10-13H2,1-2H3,(H,21,26). The van der Waals surface area contributed by atoms with E-state index in [0.29, 0.717) is 12.2 Å². The van der Waals surface area contributed by atoms with Crippen molar-refractivity contribution in [3.05, 3.63) is 47.8 Å². The van der Waals surface area contributed by atoms with Crippen molar-refractivity contribution in [1.82, 2.24) is 25.2 Å². The zero-order chi connectivity index (χ0) is 19.2. The van der Waals surface area contributed by atoms with Crippen LogP contribution in [-0.4, -0.2) is 50.3 Å². The van der Waals surface area contributed by atoms with Gasteiger partial charge in [0.2, 0.25) is 0 Å². The Kier molecular flexibility index (Phi) is 6.21. The number of carbonyl (C=O) groups excluding carboxylic acids is 2. The molecule has 0 spiro atoms. The molecule has 0 saturated carbocycles. The van der Waals surface area contributed by atoms with Gasteiger partial charge in [0.05, 0.1) is 6.20 Å². The maximum Gasteiger partial charge on any atom is 0.273 e. The lowest BCUT2D eigenvalue weighted by Gasteiger charge is -2.36. The minimum atomic E-state index is -0.213. The van der Waals surface area contributed by atoms with Crippen LogP contribution in [0.2, 0.25) is 0 Å². The molecule has 27 heavy (non-hydrogen) atoms. The summed E-state index contributed by atoms with van der Waals surface area (Å²) in [4.78, 5) is 26.8. The van der Waals surface area contributed by atoms with E-state index >= 15 is 0 Å². The number of nitrogens with one attached hydrogen (secondary N) is 1. The van der Waals surface area contributed by atoms with Crippen molar-refractivity contribution in [3.63, 3.8) is 0 Å². The molecule has 7 nitrogen and oxygen atoms in total. The summed E-state index contributed by atoms with van der Waals surface area (Å²) in [6.45, 7) is 5.23. The van der Waals surface area contributed by atoms with Crippen LogP contribution in [0.15, 0.2) is 36.5 Å². The van der Waals surface area contributed by atoms with E-state index in [1.807, 2.05) is 49.1 Å². The molecule has 1 N–H and O–H groups in total. The highest BCUT2D eigenvalue weighted by molar-refractivity contribution is 5.94. The van der Waals surface area contributed by atoms with Gasteiger partial charge in [0.15, 0.2) is 5.69 Å². The minimum absolute atomic E-state index is 0.0578. The highest BCUT2D eigenvalue weighted by Crippen LogP contribution is 2.22. The second kappa shape index (κ2) is 8.79. The van der Waals surface area contributed by atoms with Gasteiger partial charge in [0, 0.05) is 30.7 Å². The first-order chi connectivity index (χ1) is 13.0. The van der Waals surface area contributed by atoms with Gasteiger partial charge in [-0.3, -0.25) is 14.3 Å². The van der Waals surface area contributed by atoms with E-state index in [4.69, 9.17) is 0 Å². The van der Waals surface area contributed by atoms with Gasteiger partial charge >= 0.3 is 0 Å². The lowest BCUT2D eigenvalue weighted by molar-refractivity contribution is 0.0593. The SMILES string of the molecule is CC(C)NC(=O)c1cn(CCC2CCCCN2C(=O)c2ccccc2)nn1. The van der Waals surface area contributed by atoms with Gasteiger partial charge in [0.1, 0.15) is 0 Å². The Labute approximate surface area is 159 Å². The van der Waals surface area contributed by atoms with Crippen LogP contribution in [0.25, 0.3) is 0 Å². The smallest absolute Gasteiger partial charge is 0.273 e. The first-order valence-electron chi connectivity index (χ1n) is 9.61. The molecule has 0 radical (unpaired) electrons. The van der Waals surface area contributed by atoms with Crippen molar-refractivity contribution >= 4 is 11.8 Å². The zero-order valence-corrected chi connectivity index (χ0v) is 16.0. The lowest BCUT2D eigenvalue weighted by atomic mass is 9.98. The van der Waals surface area contributed by atoms with E-state index in [9.17, 15) is 9.59 Å². The van der Waals surface area contributed by atoms with Crippen LogP contribution in [0.4, 0.5) is 0 Å². The Hall–Kier alpha value is -2.70. The third kappa shape index (κ3) is 4.93. The number of aryl methyl sites for hydroxylation is 1. The largest absolute Gasteiger partial charge is 0.348 e. The molecule has 2 heterocycles. The molecule has 1 atom stereocenters. The molecule has 1 unspecified atom stereocenters. The highest BCUT2D eigenvalue weighted by atomic mass is 16.2. The Morgan fingerprint density at radius 3 is 2.74 bits per heavy atom. The molecule has 144 valence electrons. The number of piperidine rings is 1. The molecule has 2 amide bonds. The fourth-order valence-electron chi connectivity index (χ4n) is 3.44. The Bertz CT molecular complexity index is 772. The summed E-state index contributed by atoms with van der Waals surface area (Å²) < 4.78 is 1.69. The number of aromatic nitrogens is 3. The van der Waals surface area contributed by atoms with Crippen LogP contribution in [-0.2, 0) is 6.54 Å². The molecule has 1 fully saturated rings. The minimum Gasteiger partial charge on any atom is -0.348 e. The van der Waals surface area contributed by atoms with Crippen molar-refractivity contribution in [1.29, 1.82) is 0 Å². The van der Waals surface area contributed by atoms with Gasteiger partial charge in [-0.15, -0.1) is 5.10 Å². The lowest BCUT2D eigenvalue weighted by Crippen LogP contribution is -2.44. The zero-order valence-electron chi connectivity index (χ0n) is 16.0. The number of hydrogen-bond acceptors (Lipinski definition) is 4. The summed E-state index contributed by atoms with van der Waals surface area (Å²) in [7, 11) is 0. The second-order valence-corrected chi connectivity index (χ2v) is 7.30. The fourth-order valence-corrected chi connectivity index (χ4v) is 3.44. The van der Waals surface area contributed by atoms with Crippen LogP contribution in [0.5, 0.6) is 0 Å². The van der Waals surface area contributed by atoms with Crippen molar-refractivity contribution in [2.24, 2.45) is 0 Å². The molecule has 3 rings (SSSR count). The Balaban J connectivity index is 1.61. The van der Waals surface area contributed by atoms with Gasteiger partial charge in [-0.25, -0.2) is 0 Å². The van der Waals surface area contributed by atoms with Gasteiger partial charge < -0.3 is 10.2 Å². The van der Waals surface area contributed by atoms with Gasteiger partial charge in [-0.2, -0.15) is 0 Å². The van der Waals surface area contributed by atoms with Gasteiger partial charge in [0.25, 0.3) is 11.8 Å². The van der Waals surface area contributed by atoms with Gasteiger partial charge in [-0.05, 0) is 51.7 Å². The number of benzene rings is 1. The van der Waals surface area contributed by atoms with Crippen molar-refractivity contribution in [2.45, 2.75) is 58.2 Å². The molecule has 0 bridgehead atoms. The number of nitrogens with zero attached hydrogens (tertiary/aromatic N) is 4. The van der Waals surface area contributed by atoms with E-state index in [2.05, 4.69) is 15.6 Å². The summed E-state index contributed by atoms with van der Waals surface area (Å²) in [5.41, 5.74) is 1.06. The van der Waals surface area contributed by atoms with E-state index in [1.165, 1.54) is 0 Å². The summed E-state index contributed by atoms with van der Waals surface area (Å²) >= 11 is 0. The number of carbonyl (C=O) groups is 2. The van der Waals surface area contributed by atoms with Gasteiger partial charge in [-0.1, -0.05) is 23.4 Å². The third-order valence-electron chi connectivity index (χ3n) is 4.79. The normalized spacial score (nSPS) is 17.1. The van der Waals surface area contributed by atoms with Crippen LogP contribution >= 0.6 is 0 Å². The first-order valence-corrected chi connectivity index (χ1v) is 9.61. The number of amides is 2. The van der Waals surface area contributed by atoms with Crippen molar-refractivity contribution < 1.29 is 9.59 Å². The molecule has 1 aliphatic rings. The Morgan fingerprint density at radius 2 is 2.00 bits per heavy atom. The summed E-state index contributed by atoms with van der Waals surface area (Å²) in [5, 5.41) is 10.8. The van der Waals surface area contributed by atoms with Crippen LogP contribution < -0.4 is 5.32 Å². The molecule has 7 heteroatoms. The molecule has 0 aliphatic carbocycles. The molecule has 1 aliphatic heterocycles. The van der Waals surface area contributed by atoms with E-state index in [0.717, 1.165) is 37.8 Å². The molecule has 1 saturated heterocycles. The quantitative estimate of drug-likeness (QED) is 0.848. The highest BCUT2D eigenvalue weighted by Gasteiger charge is 2.27. The molecule has 1 aromatic carbocycles. The molecular formula is C20H27N5O2. The van der Waals surface area contributed by atoms with E-state index in [1.54, 1.807) is 10.9 Å². The van der Waals surface area contributed by atoms with Crippen molar-refractivity contribution in [2.75, 3.05) is 6.54 Å². The summed E-state index contributed by atoms with van der Waals surface area (Å²) in [6, 6.07) is 9.68. The third-order valence-corrected chi connectivity index (χ3v) is 4.79. The second-order valence-electron chi connectivity index (χ2n) is 7.30. The molecule has 1 aromatic heterocycles. The number of hydrogen-bond donors (Lipinski definition) is 1. The van der Waals surface area contributed by atoms with Crippen molar-refractivity contribution in [3.8, 4) is 0 Å². The number of likely N-dealkylation sites (tertiary alicyclic amines) is 1. The average molecular weight is 369 g/mol.